The van der Waals surface area contributed by atoms with Gasteiger partial charge in [0.1, 0.15) is 11.5 Å². The second-order valence-corrected chi connectivity index (χ2v) is 4.91. The maximum Gasteiger partial charge on any atom is 0.240 e. The first kappa shape index (κ1) is 12.6. The van der Waals surface area contributed by atoms with Crippen LogP contribution in [0.1, 0.15) is 5.56 Å². The van der Waals surface area contributed by atoms with E-state index >= 15 is 0 Å². The molecule has 0 saturated heterocycles. The van der Waals surface area contributed by atoms with E-state index in [4.69, 9.17) is 8.92 Å². The van der Waals surface area contributed by atoms with Crippen LogP contribution in [-0.4, -0.2) is 11.3 Å². The van der Waals surface area contributed by atoms with E-state index in [0.717, 1.165) is 11.3 Å². The second kappa shape index (κ2) is 5.69. The minimum atomic E-state index is -1.49. The first-order valence-corrected chi connectivity index (χ1v) is 6.57. The Kier molecular flexibility index (Phi) is 3.99. The minimum Gasteiger partial charge on any atom is -0.497 e. The standard InChI is InChI=1S/C14H14O3S/c1-11-3-9-14(10-4-11)18(15)17-13-7-5-12(16-2)6-8-13/h3-10H,1-2H3. The van der Waals surface area contributed by atoms with Gasteiger partial charge in [0.25, 0.3) is 0 Å². The topological polar surface area (TPSA) is 35.5 Å². The summed E-state index contributed by atoms with van der Waals surface area (Å²) >= 11 is -1.49. The zero-order valence-electron chi connectivity index (χ0n) is 10.3. The molecule has 0 aliphatic carbocycles. The van der Waals surface area contributed by atoms with Crippen molar-refractivity contribution in [2.45, 2.75) is 11.8 Å². The van der Waals surface area contributed by atoms with E-state index in [1.165, 1.54) is 0 Å². The minimum absolute atomic E-state index is 0.551. The molecule has 3 nitrogen and oxygen atoms in total. The quantitative estimate of drug-likeness (QED) is 0.849. The van der Waals surface area contributed by atoms with Crippen LogP contribution in [0, 0.1) is 6.92 Å². The van der Waals surface area contributed by atoms with Gasteiger partial charge in [-0.05, 0) is 43.3 Å². The summed E-state index contributed by atoms with van der Waals surface area (Å²) in [6.07, 6.45) is 0. The Hall–Kier alpha value is -1.81. The van der Waals surface area contributed by atoms with E-state index < -0.39 is 11.1 Å². The lowest BCUT2D eigenvalue weighted by Crippen LogP contribution is -2.00. The van der Waals surface area contributed by atoms with E-state index in [-0.39, 0.29) is 0 Å². The molecule has 0 radical (unpaired) electrons. The number of methoxy groups -OCH3 is 1. The van der Waals surface area contributed by atoms with E-state index in [2.05, 4.69) is 0 Å². The third-order valence-corrected chi connectivity index (χ3v) is 3.45. The van der Waals surface area contributed by atoms with Crippen molar-refractivity contribution >= 4 is 11.1 Å². The van der Waals surface area contributed by atoms with Gasteiger partial charge >= 0.3 is 0 Å². The van der Waals surface area contributed by atoms with E-state index in [1.807, 2.05) is 19.1 Å². The van der Waals surface area contributed by atoms with Crippen molar-refractivity contribution in [1.82, 2.24) is 0 Å². The SMILES string of the molecule is COc1ccc(OS(=O)c2ccc(C)cc2)cc1. The summed E-state index contributed by atoms with van der Waals surface area (Å²) in [7, 11) is 1.60. The highest BCUT2D eigenvalue weighted by molar-refractivity contribution is 7.80. The van der Waals surface area contributed by atoms with Gasteiger partial charge in [-0.2, -0.15) is 0 Å². The van der Waals surface area contributed by atoms with Crippen molar-refractivity contribution in [3.05, 3.63) is 54.1 Å². The van der Waals surface area contributed by atoms with Gasteiger partial charge in [-0.1, -0.05) is 17.7 Å². The van der Waals surface area contributed by atoms with Gasteiger partial charge in [0.05, 0.1) is 12.0 Å². The summed E-state index contributed by atoms with van der Waals surface area (Å²) in [6, 6.07) is 14.4. The van der Waals surface area contributed by atoms with Crippen LogP contribution in [-0.2, 0) is 11.1 Å². The lowest BCUT2D eigenvalue weighted by atomic mass is 10.2. The van der Waals surface area contributed by atoms with E-state index in [9.17, 15) is 4.21 Å². The molecule has 0 aliphatic rings. The third-order valence-electron chi connectivity index (χ3n) is 2.44. The molecule has 2 aromatic rings. The van der Waals surface area contributed by atoms with Crippen LogP contribution in [0.4, 0.5) is 0 Å². The monoisotopic (exact) mass is 262 g/mol. The van der Waals surface area contributed by atoms with Gasteiger partial charge in [0.15, 0.2) is 0 Å². The zero-order valence-corrected chi connectivity index (χ0v) is 11.1. The summed E-state index contributed by atoms with van der Waals surface area (Å²) in [4.78, 5) is 0.649. The molecule has 0 spiro atoms. The molecule has 2 rings (SSSR count). The lowest BCUT2D eigenvalue weighted by molar-refractivity contribution is 0.414. The summed E-state index contributed by atoms with van der Waals surface area (Å²) in [5.74, 6) is 1.29. The number of hydrogen-bond donors (Lipinski definition) is 0. The average molecular weight is 262 g/mol. The van der Waals surface area contributed by atoms with Crippen LogP contribution in [0.15, 0.2) is 53.4 Å². The molecule has 2 aromatic carbocycles. The number of benzene rings is 2. The molecule has 0 saturated carbocycles. The summed E-state index contributed by atoms with van der Waals surface area (Å²) in [5.41, 5.74) is 1.13. The van der Waals surface area contributed by atoms with Gasteiger partial charge in [-0.15, -0.1) is 0 Å². The molecule has 0 aromatic heterocycles. The maximum absolute atomic E-state index is 11.9. The highest BCUT2D eigenvalue weighted by Crippen LogP contribution is 2.19. The molecule has 94 valence electrons. The second-order valence-electron chi connectivity index (χ2n) is 3.81. The molecule has 0 amide bonds. The summed E-state index contributed by atoms with van der Waals surface area (Å²) < 4.78 is 22.3. The largest absolute Gasteiger partial charge is 0.497 e. The smallest absolute Gasteiger partial charge is 0.240 e. The lowest BCUT2D eigenvalue weighted by Gasteiger charge is -2.06. The van der Waals surface area contributed by atoms with Crippen LogP contribution in [0.5, 0.6) is 11.5 Å². The predicted molar refractivity (Wildman–Crippen MR) is 71.2 cm³/mol. The summed E-state index contributed by atoms with van der Waals surface area (Å²) in [6.45, 7) is 1.98. The Morgan fingerprint density at radius 3 is 2.00 bits per heavy atom. The highest BCUT2D eigenvalue weighted by Gasteiger charge is 2.06. The molecule has 0 fully saturated rings. The molecule has 4 heteroatoms. The van der Waals surface area contributed by atoms with Crippen LogP contribution < -0.4 is 8.92 Å². The van der Waals surface area contributed by atoms with Gasteiger partial charge in [-0.3, -0.25) is 0 Å². The van der Waals surface area contributed by atoms with E-state index in [1.54, 1.807) is 43.5 Å². The number of hydrogen-bond acceptors (Lipinski definition) is 3. The molecule has 0 N–H and O–H groups in total. The number of rotatable bonds is 4. The fourth-order valence-electron chi connectivity index (χ4n) is 1.42. The highest BCUT2D eigenvalue weighted by atomic mass is 32.2. The Morgan fingerprint density at radius 1 is 0.889 bits per heavy atom. The fourth-order valence-corrected chi connectivity index (χ4v) is 2.16. The Morgan fingerprint density at radius 2 is 1.44 bits per heavy atom. The molecule has 0 aliphatic heterocycles. The van der Waals surface area contributed by atoms with Crippen LogP contribution >= 0.6 is 0 Å². The average Bonchev–Trinajstić information content (AvgIpc) is 2.40. The van der Waals surface area contributed by atoms with Crippen molar-refractivity contribution in [3.8, 4) is 11.5 Å². The first-order valence-electron chi connectivity index (χ1n) is 5.50. The van der Waals surface area contributed by atoms with Crippen molar-refractivity contribution < 1.29 is 13.1 Å². The number of aryl methyl sites for hydroxylation is 1. The van der Waals surface area contributed by atoms with Gasteiger partial charge in [0, 0.05) is 0 Å². The number of ether oxygens (including phenoxy) is 1. The molecule has 1 atom stereocenters. The molecule has 1 unspecified atom stereocenters. The third kappa shape index (κ3) is 3.11. The fraction of sp³-hybridized carbons (Fsp3) is 0.143. The van der Waals surface area contributed by atoms with Crippen molar-refractivity contribution in [1.29, 1.82) is 0 Å². The van der Waals surface area contributed by atoms with Gasteiger partial charge in [-0.25, -0.2) is 4.21 Å². The van der Waals surface area contributed by atoms with E-state index in [0.29, 0.717) is 10.6 Å². The van der Waals surface area contributed by atoms with Crippen LogP contribution in [0.2, 0.25) is 0 Å². The predicted octanol–water partition coefficient (Wildman–Crippen LogP) is 3.11. The van der Waals surface area contributed by atoms with Crippen molar-refractivity contribution in [2.75, 3.05) is 7.11 Å². The molecular formula is C14H14O3S. The zero-order chi connectivity index (χ0) is 13.0. The Labute approximate surface area is 109 Å². The van der Waals surface area contributed by atoms with Crippen LogP contribution in [0.3, 0.4) is 0 Å². The molecule has 0 heterocycles. The van der Waals surface area contributed by atoms with Crippen molar-refractivity contribution in [2.24, 2.45) is 0 Å². The first-order chi connectivity index (χ1) is 8.69. The summed E-state index contributed by atoms with van der Waals surface area (Å²) in [5, 5.41) is 0. The maximum atomic E-state index is 11.9. The molecule has 0 bridgehead atoms. The van der Waals surface area contributed by atoms with Crippen LogP contribution in [0.25, 0.3) is 0 Å². The Balaban J connectivity index is 2.08. The van der Waals surface area contributed by atoms with Gasteiger partial charge in [0.2, 0.25) is 11.1 Å². The Bertz CT molecular complexity index is 532. The van der Waals surface area contributed by atoms with Crippen molar-refractivity contribution in [3.63, 3.8) is 0 Å². The van der Waals surface area contributed by atoms with Gasteiger partial charge < -0.3 is 8.92 Å². The normalized spacial score (nSPS) is 11.9. The molecule has 18 heavy (non-hydrogen) atoms. The molecular weight excluding hydrogens is 248 g/mol.